The largest absolute Gasteiger partial charge is 0.494 e. The molecule has 2 rings (SSSR count). The van der Waals surface area contributed by atoms with Crippen molar-refractivity contribution in [3.8, 4) is 5.75 Å². The number of rotatable bonds is 5. The number of aromatic nitrogens is 2. The first-order chi connectivity index (χ1) is 8.33. The average Bonchev–Trinajstić information content (AvgIpc) is 2.84. The van der Waals surface area contributed by atoms with Crippen molar-refractivity contribution >= 4 is 5.95 Å². The molecule has 1 saturated carbocycles. The molecule has 94 valence electrons. The van der Waals surface area contributed by atoms with Crippen LogP contribution in [0.15, 0.2) is 12.4 Å². The summed E-state index contributed by atoms with van der Waals surface area (Å²) in [5.41, 5.74) is 0. The minimum Gasteiger partial charge on any atom is -0.494 e. The van der Waals surface area contributed by atoms with Crippen LogP contribution in [0.25, 0.3) is 0 Å². The number of aliphatic hydroxyl groups excluding tert-OH is 1. The molecular formula is C12H19N3O2. The van der Waals surface area contributed by atoms with Gasteiger partial charge in [0.05, 0.1) is 19.5 Å². The minimum atomic E-state index is 0.288. The lowest BCUT2D eigenvalue weighted by atomic mass is 9.97. The van der Waals surface area contributed by atoms with Crippen molar-refractivity contribution in [1.82, 2.24) is 9.97 Å². The average molecular weight is 237 g/mol. The van der Waals surface area contributed by atoms with E-state index in [1.165, 1.54) is 12.8 Å². The Hall–Kier alpha value is -1.36. The van der Waals surface area contributed by atoms with Crippen molar-refractivity contribution in [1.29, 1.82) is 0 Å². The van der Waals surface area contributed by atoms with Crippen molar-refractivity contribution in [2.24, 2.45) is 11.8 Å². The van der Waals surface area contributed by atoms with Gasteiger partial charge < -0.3 is 15.2 Å². The number of methoxy groups -OCH3 is 1. The molecule has 0 aromatic carbocycles. The van der Waals surface area contributed by atoms with E-state index in [1.807, 2.05) is 0 Å². The van der Waals surface area contributed by atoms with Gasteiger partial charge in [-0.05, 0) is 24.7 Å². The molecule has 0 amide bonds. The first-order valence-electron chi connectivity index (χ1n) is 6.04. The second-order valence-electron chi connectivity index (χ2n) is 4.46. The Balaban J connectivity index is 1.84. The topological polar surface area (TPSA) is 67.3 Å². The molecule has 2 unspecified atom stereocenters. The first kappa shape index (κ1) is 12.1. The molecule has 5 nitrogen and oxygen atoms in total. The van der Waals surface area contributed by atoms with Crippen molar-refractivity contribution < 1.29 is 9.84 Å². The Bertz CT molecular complexity index is 342. The van der Waals surface area contributed by atoms with Crippen LogP contribution in [0.3, 0.4) is 0 Å². The van der Waals surface area contributed by atoms with Crippen LogP contribution in [0.2, 0.25) is 0 Å². The molecule has 2 N–H and O–H groups in total. The molecule has 0 bridgehead atoms. The molecule has 1 heterocycles. The summed E-state index contributed by atoms with van der Waals surface area (Å²) in [6.45, 7) is 1.12. The first-order valence-corrected chi connectivity index (χ1v) is 6.04. The number of nitrogens with zero attached hydrogens (tertiary/aromatic N) is 2. The normalized spacial score (nSPS) is 23.6. The van der Waals surface area contributed by atoms with E-state index in [-0.39, 0.29) is 6.61 Å². The van der Waals surface area contributed by atoms with E-state index in [2.05, 4.69) is 15.3 Å². The van der Waals surface area contributed by atoms with Gasteiger partial charge in [-0.2, -0.15) is 0 Å². The van der Waals surface area contributed by atoms with E-state index in [9.17, 15) is 5.11 Å². The maximum Gasteiger partial charge on any atom is 0.222 e. The number of ether oxygens (including phenoxy) is 1. The number of nitrogens with one attached hydrogen (secondary N) is 1. The highest BCUT2D eigenvalue weighted by molar-refractivity contribution is 5.27. The van der Waals surface area contributed by atoms with E-state index in [0.717, 1.165) is 13.0 Å². The quantitative estimate of drug-likeness (QED) is 0.808. The van der Waals surface area contributed by atoms with Gasteiger partial charge >= 0.3 is 0 Å². The SMILES string of the molecule is COc1cnc(NCC2CCCC2CO)nc1. The fourth-order valence-corrected chi connectivity index (χ4v) is 2.36. The summed E-state index contributed by atoms with van der Waals surface area (Å²) in [6.07, 6.45) is 6.81. The van der Waals surface area contributed by atoms with Crippen LogP contribution in [-0.4, -0.2) is 35.3 Å². The highest BCUT2D eigenvalue weighted by Gasteiger charge is 2.26. The lowest BCUT2D eigenvalue weighted by Gasteiger charge is -2.17. The summed E-state index contributed by atoms with van der Waals surface area (Å²) in [7, 11) is 1.59. The molecule has 1 fully saturated rings. The van der Waals surface area contributed by atoms with Gasteiger partial charge in [0.2, 0.25) is 5.95 Å². The second kappa shape index (κ2) is 5.82. The molecule has 0 radical (unpaired) electrons. The van der Waals surface area contributed by atoms with E-state index >= 15 is 0 Å². The van der Waals surface area contributed by atoms with E-state index < -0.39 is 0 Å². The maximum atomic E-state index is 9.23. The molecule has 5 heteroatoms. The van der Waals surface area contributed by atoms with Gasteiger partial charge in [-0.3, -0.25) is 0 Å². The van der Waals surface area contributed by atoms with Crippen LogP contribution in [-0.2, 0) is 0 Å². The Morgan fingerprint density at radius 3 is 2.71 bits per heavy atom. The smallest absolute Gasteiger partial charge is 0.222 e. The van der Waals surface area contributed by atoms with Crippen molar-refractivity contribution in [3.05, 3.63) is 12.4 Å². The summed E-state index contributed by atoms with van der Waals surface area (Å²) < 4.78 is 5.00. The molecule has 1 aliphatic rings. The van der Waals surface area contributed by atoms with Crippen LogP contribution in [0.5, 0.6) is 5.75 Å². The fourth-order valence-electron chi connectivity index (χ4n) is 2.36. The number of hydrogen-bond donors (Lipinski definition) is 2. The highest BCUT2D eigenvalue weighted by atomic mass is 16.5. The molecule has 0 spiro atoms. The van der Waals surface area contributed by atoms with E-state index in [1.54, 1.807) is 19.5 Å². The Morgan fingerprint density at radius 1 is 1.35 bits per heavy atom. The second-order valence-corrected chi connectivity index (χ2v) is 4.46. The zero-order valence-electron chi connectivity index (χ0n) is 10.1. The van der Waals surface area contributed by atoms with Gasteiger partial charge in [0, 0.05) is 13.2 Å². The van der Waals surface area contributed by atoms with Crippen LogP contribution in [0.4, 0.5) is 5.95 Å². The fraction of sp³-hybridized carbons (Fsp3) is 0.667. The molecule has 1 aromatic rings. The summed E-state index contributed by atoms with van der Waals surface area (Å²) >= 11 is 0. The molecule has 0 saturated heterocycles. The van der Waals surface area contributed by atoms with Crippen LogP contribution in [0, 0.1) is 11.8 Å². The Morgan fingerprint density at radius 2 is 2.06 bits per heavy atom. The van der Waals surface area contributed by atoms with Gasteiger partial charge in [0.15, 0.2) is 5.75 Å². The predicted octanol–water partition coefficient (Wildman–Crippen LogP) is 1.31. The zero-order valence-corrected chi connectivity index (χ0v) is 10.1. The van der Waals surface area contributed by atoms with Gasteiger partial charge in [-0.25, -0.2) is 9.97 Å². The summed E-state index contributed by atoms with van der Waals surface area (Å²) in [6, 6.07) is 0. The van der Waals surface area contributed by atoms with Crippen molar-refractivity contribution in [3.63, 3.8) is 0 Å². The molecule has 1 aliphatic carbocycles. The third-order valence-corrected chi connectivity index (χ3v) is 3.44. The van der Waals surface area contributed by atoms with Gasteiger partial charge in [-0.15, -0.1) is 0 Å². The molecule has 0 aliphatic heterocycles. The minimum absolute atomic E-state index is 0.288. The van der Waals surface area contributed by atoms with Crippen molar-refractivity contribution in [2.45, 2.75) is 19.3 Å². The molecular weight excluding hydrogens is 218 g/mol. The lowest BCUT2D eigenvalue weighted by molar-refractivity contribution is 0.199. The number of hydrogen-bond acceptors (Lipinski definition) is 5. The van der Waals surface area contributed by atoms with Crippen LogP contribution < -0.4 is 10.1 Å². The van der Waals surface area contributed by atoms with Gasteiger partial charge in [0.1, 0.15) is 0 Å². The lowest BCUT2D eigenvalue weighted by Crippen LogP contribution is -2.21. The Kier molecular flexibility index (Phi) is 4.14. The standard InChI is InChI=1S/C12H19N3O2/c1-17-11-6-14-12(15-7-11)13-5-9-3-2-4-10(9)8-16/h6-7,9-10,16H,2-5,8H2,1H3,(H,13,14,15). The summed E-state index contributed by atoms with van der Waals surface area (Å²) in [5, 5.41) is 12.4. The molecule has 2 atom stereocenters. The Labute approximate surface area is 101 Å². The summed E-state index contributed by atoms with van der Waals surface area (Å²) in [4.78, 5) is 8.30. The maximum absolute atomic E-state index is 9.23. The van der Waals surface area contributed by atoms with Crippen LogP contribution in [0.1, 0.15) is 19.3 Å². The molecule has 17 heavy (non-hydrogen) atoms. The highest BCUT2D eigenvalue weighted by Crippen LogP contribution is 2.31. The zero-order chi connectivity index (χ0) is 12.1. The number of anilines is 1. The number of aliphatic hydroxyl groups is 1. The van der Waals surface area contributed by atoms with E-state index in [0.29, 0.717) is 23.5 Å². The summed E-state index contributed by atoms with van der Waals surface area (Å²) in [5.74, 6) is 2.24. The van der Waals surface area contributed by atoms with Gasteiger partial charge in [-0.1, -0.05) is 6.42 Å². The third-order valence-electron chi connectivity index (χ3n) is 3.44. The molecule has 1 aromatic heterocycles. The third kappa shape index (κ3) is 3.06. The van der Waals surface area contributed by atoms with Crippen molar-refractivity contribution in [2.75, 3.05) is 25.6 Å². The van der Waals surface area contributed by atoms with Crippen LogP contribution >= 0.6 is 0 Å². The monoisotopic (exact) mass is 237 g/mol. The predicted molar refractivity (Wildman–Crippen MR) is 65.0 cm³/mol. The van der Waals surface area contributed by atoms with Gasteiger partial charge in [0.25, 0.3) is 0 Å². The van der Waals surface area contributed by atoms with E-state index in [4.69, 9.17) is 4.74 Å².